The average Bonchev–Trinajstić information content (AvgIpc) is 2.33. The van der Waals surface area contributed by atoms with Crippen LogP contribution in [0.2, 0.25) is 0 Å². The van der Waals surface area contributed by atoms with Crippen molar-refractivity contribution >= 4 is 15.9 Å². The smallest absolute Gasteiger partial charge is 0.238 e. The molecule has 6 nitrogen and oxygen atoms in total. The van der Waals surface area contributed by atoms with Gasteiger partial charge in [0.25, 0.3) is 0 Å². The number of amides is 1. The number of rotatable bonds is 6. The van der Waals surface area contributed by atoms with Crippen LogP contribution in [0.4, 0.5) is 0 Å². The maximum Gasteiger partial charge on any atom is 0.238 e. The van der Waals surface area contributed by atoms with E-state index in [2.05, 4.69) is 5.32 Å². The number of nitrogens with two attached hydrogens (primary N) is 1. The Kier molecular flexibility index (Phi) is 5.26. The van der Waals surface area contributed by atoms with Gasteiger partial charge in [-0.3, -0.25) is 4.79 Å². The van der Waals surface area contributed by atoms with Crippen LogP contribution in [0.3, 0.4) is 0 Å². The van der Waals surface area contributed by atoms with E-state index in [0.29, 0.717) is 19.6 Å². The third-order valence-electron chi connectivity index (χ3n) is 2.27. The molecule has 0 saturated carbocycles. The van der Waals surface area contributed by atoms with E-state index < -0.39 is 10.0 Å². The van der Waals surface area contributed by atoms with Crippen molar-refractivity contribution in [1.29, 1.82) is 0 Å². The first-order valence-electron chi connectivity index (χ1n) is 5.31. The molecular formula is C11H16N2O4S. The van der Waals surface area contributed by atoms with Crippen LogP contribution in [0.15, 0.2) is 29.2 Å². The number of benzene rings is 1. The predicted octanol–water partition coefficient (Wildman–Crippen LogP) is -0.0133. The average molecular weight is 272 g/mol. The molecule has 0 aliphatic rings. The van der Waals surface area contributed by atoms with Crippen LogP contribution in [-0.4, -0.2) is 28.0 Å². The Morgan fingerprint density at radius 2 is 1.94 bits per heavy atom. The van der Waals surface area contributed by atoms with Crippen LogP contribution in [0, 0.1) is 0 Å². The summed E-state index contributed by atoms with van der Waals surface area (Å²) in [5.74, 6) is -0.118. The summed E-state index contributed by atoms with van der Waals surface area (Å²) in [5, 5.41) is 7.66. The molecule has 0 spiro atoms. The summed E-state index contributed by atoms with van der Waals surface area (Å²) < 4.78 is 26.8. The minimum Gasteiger partial charge on any atom is -0.384 e. The standard InChI is InChI=1S/C11H16N2O4S/c1-17-7-6-11(14)13-8-9-2-4-10(5-3-9)18(12,15)16/h2-5H,6-8H2,1H3,(H,13,14)(H2,12,15,16). The van der Waals surface area contributed by atoms with E-state index in [1.165, 1.54) is 19.2 Å². The van der Waals surface area contributed by atoms with Crippen molar-refractivity contribution in [1.82, 2.24) is 5.32 Å². The number of carbonyl (C=O) groups excluding carboxylic acids is 1. The van der Waals surface area contributed by atoms with Gasteiger partial charge in [0.2, 0.25) is 15.9 Å². The number of hydrogen-bond acceptors (Lipinski definition) is 4. The molecule has 1 rings (SSSR count). The van der Waals surface area contributed by atoms with Crippen molar-refractivity contribution in [2.75, 3.05) is 13.7 Å². The molecule has 7 heteroatoms. The quantitative estimate of drug-likeness (QED) is 0.760. The van der Waals surface area contributed by atoms with Gasteiger partial charge in [0.1, 0.15) is 0 Å². The highest BCUT2D eigenvalue weighted by molar-refractivity contribution is 7.89. The maximum atomic E-state index is 11.3. The molecule has 0 atom stereocenters. The molecule has 0 unspecified atom stereocenters. The molecule has 0 saturated heterocycles. The summed E-state index contributed by atoms with van der Waals surface area (Å²) in [6.07, 6.45) is 0.297. The summed E-state index contributed by atoms with van der Waals surface area (Å²) in [7, 11) is -2.14. The zero-order valence-electron chi connectivity index (χ0n) is 10.0. The van der Waals surface area contributed by atoms with Crippen LogP contribution < -0.4 is 10.5 Å². The van der Waals surface area contributed by atoms with Crippen molar-refractivity contribution in [2.45, 2.75) is 17.9 Å². The fraction of sp³-hybridized carbons (Fsp3) is 0.364. The Morgan fingerprint density at radius 1 is 1.33 bits per heavy atom. The molecule has 18 heavy (non-hydrogen) atoms. The number of hydrogen-bond donors (Lipinski definition) is 2. The van der Waals surface area contributed by atoms with Crippen molar-refractivity contribution in [2.24, 2.45) is 5.14 Å². The summed E-state index contributed by atoms with van der Waals surface area (Å²) in [4.78, 5) is 11.3. The lowest BCUT2D eigenvalue weighted by atomic mass is 10.2. The van der Waals surface area contributed by atoms with Crippen LogP contribution in [-0.2, 0) is 26.1 Å². The second kappa shape index (κ2) is 6.48. The lowest BCUT2D eigenvalue weighted by Gasteiger charge is -2.05. The van der Waals surface area contributed by atoms with E-state index in [-0.39, 0.29) is 10.8 Å². The number of nitrogens with one attached hydrogen (secondary N) is 1. The fourth-order valence-electron chi connectivity index (χ4n) is 1.28. The van der Waals surface area contributed by atoms with Gasteiger partial charge in [-0.25, -0.2) is 13.6 Å². The highest BCUT2D eigenvalue weighted by Gasteiger charge is 2.07. The molecule has 0 aliphatic carbocycles. The van der Waals surface area contributed by atoms with E-state index in [4.69, 9.17) is 9.88 Å². The van der Waals surface area contributed by atoms with E-state index in [1.54, 1.807) is 12.1 Å². The molecule has 0 bridgehead atoms. The van der Waals surface area contributed by atoms with Gasteiger partial charge in [0, 0.05) is 20.1 Å². The first-order valence-corrected chi connectivity index (χ1v) is 6.85. The van der Waals surface area contributed by atoms with Gasteiger partial charge in [0.05, 0.1) is 11.5 Å². The van der Waals surface area contributed by atoms with Crippen LogP contribution >= 0.6 is 0 Å². The van der Waals surface area contributed by atoms with Crippen LogP contribution in [0.5, 0.6) is 0 Å². The van der Waals surface area contributed by atoms with E-state index >= 15 is 0 Å². The van der Waals surface area contributed by atoms with Crippen molar-refractivity contribution in [3.05, 3.63) is 29.8 Å². The molecule has 1 amide bonds. The Balaban J connectivity index is 2.52. The molecular weight excluding hydrogens is 256 g/mol. The Labute approximate surface area is 106 Å². The molecule has 0 fully saturated rings. The lowest BCUT2D eigenvalue weighted by molar-refractivity contribution is -0.122. The van der Waals surface area contributed by atoms with E-state index in [1.807, 2.05) is 0 Å². The molecule has 0 radical (unpaired) electrons. The van der Waals surface area contributed by atoms with Crippen LogP contribution in [0.25, 0.3) is 0 Å². The second-order valence-electron chi connectivity index (χ2n) is 3.71. The van der Waals surface area contributed by atoms with Gasteiger partial charge in [-0.15, -0.1) is 0 Å². The van der Waals surface area contributed by atoms with E-state index in [0.717, 1.165) is 5.56 Å². The number of methoxy groups -OCH3 is 1. The first kappa shape index (κ1) is 14.6. The number of ether oxygens (including phenoxy) is 1. The third kappa shape index (κ3) is 4.82. The Hall–Kier alpha value is -1.44. The summed E-state index contributed by atoms with van der Waals surface area (Å²) in [6, 6.07) is 6.03. The maximum absolute atomic E-state index is 11.3. The number of sulfonamides is 1. The van der Waals surface area contributed by atoms with Crippen LogP contribution in [0.1, 0.15) is 12.0 Å². The molecule has 1 aromatic rings. The summed E-state index contributed by atoms with van der Waals surface area (Å²) in [6.45, 7) is 0.712. The Morgan fingerprint density at radius 3 is 2.44 bits per heavy atom. The third-order valence-corrected chi connectivity index (χ3v) is 3.20. The first-order chi connectivity index (χ1) is 8.43. The number of carbonyl (C=O) groups is 1. The monoisotopic (exact) mass is 272 g/mol. The van der Waals surface area contributed by atoms with Gasteiger partial charge in [-0.2, -0.15) is 0 Å². The van der Waals surface area contributed by atoms with Gasteiger partial charge in [0.15, 0.2) is 0 Å². The SMILES string of the molecule is COCCC(=O)NCc1ccc(S(N)(=O)=O)cc1. The largest absolute Gasteiger partial charge is 0.384 e. The molecule has 0 aromatic heterocycles. The van der Waals surface area contributed by atoms with Crippen molar-refractivity contribution < 1.29 is 17.9 Å². The molecule has 0 aliphatic heterocycles. The predicted molar refractivity (Wildman–Crippen MR) is 66.2 cm³/mol. The molecule has 100 valence electrons. The minimum absolute atomic E-state index is 0.0527. The van der Waals surface area contributed by atoms with Gasteiger partial charge in [-0.1, -0.05) is 12.1 Å². The number of primary sulfonamides is 1. The second-order valence-corrected chi connectivity index (χ2v) is 5.27. The van der Waals surface area contributed by atoms with Crippen molar-refractivity contribution in [3.8, 4) is 0 Å². The zero-order valence-corrected chi connectivity index (χ0v) is 10.9. The Bertz CT molecular complexity index is 496. The van der Waals surface area contributed by atoms with Gasteiger partial charge in [-0.05, 0) is 17.7 Å². The topological polar surface area (TPSA) is 98.5 Å². The molecule has 1 aromatic carbocycles. The van der Waals surface area contributed by atoms with Gasteiger partial charge >= 0.3 is 0 Å². The highest BCUT2D eigenvalue weighted by Crippen LogP contribution is 2.08. The van der Waals surface area contributed by atoms with Crippen molar-refractivity contribution in [3.63, 3.8) is 0 Å². The highest BCUT2D eigenvalue weighted by atomic mass is 32.2. The lowest BCUT2D eigenvalue weighted by Crippen LogP contribution is -2.23. The normalized spacial score (nSPS) is 11.2. The summed E-state index contributed by atoms with van der Waals surface area (Å²) >= 11 is 0. The zero-order chi connectivity index (χ0) is 13.6. The van der Waals surface area contributed by atoms with E-state index in [9.17, 15) is 13.2 Å². The molecule has 0 heterocycles. The fourth-order valence-corrected chi connectivity index (χ4v) is 1.80. The molecule has 3 N–H and O–H groups in total. The summed E-state index contributed by atoms with van der Waals surface area (Å²) in [5.41, 5.74) is 0.799. The van der Waals surface area contributed by atoms with Gasteiger partial charge < -0.3 is 10.1 Å². The minimum atomic E-state index is -3.67.